The summed E-state index contributed by atoms with van der Waals surface area (Å²) in [5, 5.41) is 17.9. The van der Waals surface area contributed by atoms with Gasteiger partial charge >= 0.3 is 5.76 Å². The molecule has 35 heavy (non-hydrogen) atoms. The van der Waals surface area contributed by atoms with Crippen LogP contribution in [0.3, 0.4) is 0 Å². The molecule has 2 fully saturated rings. The van der Waals surface area contributed by atoms with Crippen molar-refractivity contribution in [2.75, 3.05) is 75.3 Å². The van der Waals surface area contributed by atoms with Gasteiger partial charge in [-0.1, -0.05) is 0 Å². The van der Waals surface area contributed by atoms with E-state index in [0.717, 1.165) is 37.8 Å². The molecule has 0 spiro atoms. The number of aliphatic hydroxyl groups is 1. The Morgan fingerprint density at radius 2 is 1.51 bits per heavy atom. The SMILES string of the molecule is Cn1c(=O)oc2ccc(S(=O)(=O)N3CCN(c4ccc(N5CCN(CCO)CC5)nn4)CC3)cc21. The Morgan fingerprint density at radius 3 is 2.09 bits per heavy atom. The molecule has 0 bridgehead atoms. The zero-order valence-electron chi connectivity index (χ0n) is 19.6. The number of sulfonamides is 1. The first-order chi connectivity index (χ1) is 16.9. The highest BCUT2D eigenvalue weighted by molar-refractivity contribution is 7.89. The van der Waals surface area contributed by atoms with E-state index in [-0.39, 0.29) is 11.5 Å². The van der Waals surface area contributed by atoms with Crippen LogP contribution in [0.4, 0.5) is 11.6 Å². The number of piperazine rings is 2. The van der Waals surface area contributed by atoms with Gasteiger partial charge < -0.3 is 19.3 Å². The van der Waals surface area contributed by atoms with Crippen molar-refractivity contribution >= 4 is 32.8 Å². The number of nitrogens with zero attached hydrogens (tertiary/aromatic N) is 7. The molecule has 0 amide bonds. The number of benzene rings is 1. The Balaban J connectivity index is 1.22. The second-order valence-corrected chi connectivity index (χ2v) is 10.7. The highest BCUT2D eigenvalue weighted by Crippen LogP contribution is 2.24. The zero-order chi connectivity index (χ0) is 24.6. The number of fused-ring (bicyclic) bond motifs is 1. The highest BCUT2D eigenvalue weighted by atomic mass is 32.2. The minimum atomic E-state index is -3.71. The van der Waals surface area contributed by atoms with Crippen LogP contribution in [0.25, 0.3) is 11.1 Å². The first-order valence-corrected chi connectivity index (χ1v) is 13.1. The summed E-state index contributed by atoms with van der Waals surface area (Å²) in [5.41, 5.74) is 0.801. The van der Waals surface area contributed by atoms with Crippen molar-refractivity contribution in [1.82, 2.24) is 24.0 Å². The maximum absolute atomic E-state index is 13.2. The van der Waals surface area contributed by atoms with E-state index in [4.69, 9.17) is 9.52 Å². The van der Waals surface area contributed by atoms with E-state index in [2.05, 4.69) is 20.0 Å². The number of aryl methyl sites for hydroxylation is 1. The molecule has 0 radical (unpaired) electrons. The van der Waals surface area contributed by atoms with Crippen molar-refractivity contribution in [3.63, 3.8) is 0 Å². The van der Waals surface area contributed by atoms with Crippen molar-refractivity contribution in [3.05, 3.63) is 40.9 Å². The van der Waals surface area contributed by atoms with Gasteiger partial charge in [-0.2, -0.15) is 4.31 Å². The van der Waals surface area contributed by atoms with Crippen LogP contribution in [0.2, 0.25) is 0 Å². The van der Waals surface area contributed by atoms with Gasteiger partial charge in [0.15, 0.2) is 17.2 Å². The van der Waals surface area contributed by atoms with Crippen LogP contribution in [-0.4, -0.2) is 103 Å². The van der Waals surface area contributed by atoms with Crippen LogP contribution in [0, 0.1) is 0 Å². The van der Waals surface area contributed by atoms with Crippen LogP contribution < -0.4 is 15.6 Å². The lowest BCUT2D eigenvalue weighted by Gasteiger charge is -2.36. The maximum atomic E-state index is 13.2. The molecule has 5 rings (SSSR count). The van der Waals surface area contributed by atoms with E-state index in [0.29, 0.717) is 43.8 Å². The topological polar surface area (TPSA) is 128 Å². The van der Waals surface area contributed by atoms with E-state index >= 15 is 0 Å². The molecule has 2 aliphatic heterocycles. The Kier molecular flexibility index (Phi) is 6.49. The molecule has 0 unspecified atom stereocenters. The number of aliphatic hydroxyl groups excluding tert-OH is 1. The molecule has 2 aliphatic rings. The zero-order valence-corrected chi connectivity index (χ0v) is 20.4. The van der Waals surface area contributed by atoms with Crippen molar-refractivity contribution in [2.45, 2.75) is 4.90 Å². The van der Waals surface area contributed by atoms with Crippen LogP contribution in [0.5, 0.6) is 0 Å². The molecule has 4 heterocycles. The fraction of sp³-hybridized carbons (Fsp3) is 0.500. The molecule has 3 aromatic rings. The molecule has 2 aromatic heterocycles. The Hall–Kier alpha value is -3.00. The number of anilines is 2. The quantitative estimate of drug-likeness (QED) is 0.472. The van der Waals surface area contributed by atoms with E-state index in [1.54, 1.807) is 7.05 Å². The van der Waals surface area contributed by atoms with Crippen molar-refractivity contribution < 1.29 is 17.9 Å². The minimum absolute atomic E-state index is 0.137. The molecule has 0 aliphatic carbocycles. The molecule has 188 valence electrons. The monoisotopic (exact) mass is 503 g/mol. The molecule has 1 aromatic carbocycles. The summed E-state index contributed by atoms with van der Waals surface area (Å²) in [5.74, 6) is 1.02. The summed E-state index contributed by atoms with van der Waals surface area (Å²) >= 11 is 0. The van der Waals surface area contributed by atoms with Crippen molar-refractivity contribution in [3.8, 4) is 0 Å². The fourth-order valence-electron chi connectivity index (χ4n) is 4.57. The smallest absolute Gasteiger partial charge is 0.408 e. The molecule has 0 saturated carbocycles. The van der Waals surface area contributed by atoms with Gasteiger partial charge in [-0.25, -0.2) is 13.2 Å². The number of aromatic nitrogens is 3. The Bertz CT molecular complexity index is 1340. The standard InChI is InChI=1S/C22H29N7O5S/c1-25-18-16-17(2-3-19(18)34-22(25)31)35(32,33)29-12-10-28(11-13-29)21-5-4-20(23-24-21)27-8-6-26(7-9-27)14-15-30/h2-5,16,30H,6-15H2,1H3. The third kappa shape index (κ3) is 4.63. The number of oxazole rings is 1. The summed E-state index contributed by atoms with van der Waals surface area (Å²) in [4.78, 5) is 18.3. The molecular formula is C22H29N7O5S. The third-order valence-electron chi connectivity index (χ3n) is 6.71. The molecule has 2 saturated heterocycles. The van der Waals surface area contributed by atoms with Crippen LogP contribution in [0.15, 0.2) is 44.4 Å². The molecule has 1 N–H and O–H groups in total. The average molecular weight is 504 g/mol. The first kappa shape index (κ1) is 23.7. The van der Waals surface area contributed by atoms with Gasteiger partial charge in [-0.05, 0) is 30.3 Å². The Labute approximate surface area is 203 Å². The summed E-state index contributed by atoms with van der Waals surface area (Å²) < 4.78 is 34.3. The third-order valence-corrected chi connectivity index (χ3v) is 8.61. The van der Waals surface area contributed by atoms with Gasteiger partial charge in [0.05, 0.1) is 17.0 Å². The lowest BCUT2D eigenvalue weighted by molar-refractivity contribution is 0.188. The van der Waals surface area contributed by atoms with Crippen LogP contribution in [0.1, 0.15) is 0 Å². The molecule has 12 nitrogen and oxygen atoms in total. The molecular weight excluding hydrogens is 474 g/mol. The van der Waals surface area contributed by atoms with Crippen LogP contribution >= 0.6 is 0 Å². The first-order valence-electron chi connectivity index (χ1n) is 11.6. The van der Waals surface area contributed by atoms with Gasteiger partial charge in [-0.15, -0.1) is 10.2 Å². The fourth-order valence-corrected chi connectivity index (χ4v) is 6.01. The van der Waals surface area contributed by atoms with Crippen molar-refractivity contribution in [1.29, 1.82) is 0 Å². The molecule has 13 heteroatoms. The number of hydrogen-bond donors (Lipinski definition) is 1. The van der Waals surface area contributed by atoms with Crippen molar-refractivity contribution in [2.24, 2.45) is 7.05 Å². The van der Waals surface area contributed by atoms with Gasteiger partial charge in [-0.3, -0.25) is 9.47 Å². The minimum Gasteiger partial charge on any atom is -0.408 e. The number of β-amino-alcohol motifs (C(OH)–C–C–N with tert-alkyl or cyclic N) is 1. The predicted octanol–water partition coefficient (Wildman–Crippen LogP) is -0.453. The highest BCUT2D eigenvalue weighted by Gasteiger charge is 2.30. The van der Waals surface area contributed by atoms with E-state index in [9.17, 15) is 13.2 Å². The largest absolute Gasteiger partial charge is 0.419 e. The normalized spacial score (nSPS) is 18.5. The number of rotatable bonds is 6. The lowest BCUT2D eigenvalue weighted by Crippen LogP contribution is -2.49. The average Bonchev–Trinajstić information content (AvgIpc) is 3.17. The molecule has 0 atom stereocenters. The van der Waals surface area contributed by atoms with E-state index < -0.39 is 15.8 Å². The lowest BCUT2D eigenvalue weighted by atomic mass is 10.3. The Morgan fingerprint density at radius 1 is 0.914 bits per heavy atom. The van der Waals surface area contributed by atoms with Crippen LogP contribution in [-0.2, 0) is 17.1 Å². The van der Waals surface area contributed by atoms with Gasteiger partial charge in [0.1, 0.15) is 0 Å². The summed E-state index contributed by atoms with van der Waals surface area (Å²) in [6.45, 7) is 5.93. The van der Waals surface area contributed by atoms with E-state index in [1.165, 1.54) is 27.1 Å². The van der Waals surface area contributed by atoms with Gasteiger partial charge in [0, 0.05) is 66.0 Å². The second-order valence-electron chi connectivity index (χ2n) is 8.75. The summed E-state index contributed by atoms with van der Waals surface area (Å²) in [7, 11) is -2.16. The van der Waals surface area contributed by atoms with Gasteiger partial charge in [0.2, 0.25) is 10.0 Å². The van der Waals surface area contributed by atoms with E-state index in [1.807, 2.05) is 17.0 Å². The predicted molar refractivity (Wildman–Crippen MR) is 130 cm³/mol. The summed E-state index contributed by atoms with van der Waals surface area (Å²) in [6, 6.07) is 8.36. The summed E-state index contributed by atoms with van der Waals surface area (Å²) in [6.07, 6.45) is 0. The number of hydrogen-bond acceptors (Lipinski definition) is 10. The van der Waals surface area contributed by atoms with Gasteiger partial charge in [0.25, 0.3) is 0 Å². The maximum Gasteiger partial charge on any atom is 0.419 e. The second kappa shape index (κ2) is 9.57.